The van der Waals surface area contributed by atoms with E-state index in [2.05, 4.69) is 16.3 Å². The van der Waals surface area contributed by atoms with Crippen molar-refractivity contribution in [1.29, 1.82) is 0 Å². The van der Waals surface area contributed by atoms with Crippen molar-refractivity contribution >= 4 is 11.8 Å². The summed E-state index contributed by atoms with van der Waals surface area (Å²) in [6.45, 7) is 7.93. The van der Waals surface area contributed by atoms with Crippen LogP contribution in [0.25, 0.3) is 0 Å². The highest BCUT2D eigenvalue weighted by Gasteiger charge is 2.48. The van der Waals surface area contributed by atoms with Gasteiger partial charge in [0.1, 0.15) is 0 Å². The van der Waals surface area contributed by atoms with Crippen LogP contribution in [-0.4, -0.2) is 67.6 Å². The number of nitrogens with one attached hydrogen (secondary N) is 1. The van der Waals surface area contributed by atoms with E-state index >= 15 is 0 Å². The van der Waals surface area contributed by atoms with Crippen molar-refractivity contribution in [3.63, 3.8) is 0 Å². The van der Waals surface area contributed by atoms with Gasteiger partial charge in [-0.05, 0) is 45.6 Å². The Bertz CT molecular complexity index is 528. The minimum Gasteiger partial charge on any atom is -0.379 e. The van der Waals surface area contributed by atoms with Gasteiger partial charge in [0.15, 0.2) is 0 Å². The molecule has 25 heavy (non-hydrogen) atoms. The standard InChI is InChI=1S/C19H31N3O3/c1-2-22-16-6-3-4-8-19(16,9-7-17(22)23)18(24)20-10-5-11-21-12-14-25-15-13-21/h6H,2-5,7-15H2,1H3,(H,20,24). The van der Waals surface area contributed by atoms with Gasteiger partial charge in [-0.1, -0.05) is 6.08 Å². The molecule has 3 rings (SSSR count). The van der Waals surface area contributed by atoms with Gasteiger partial charge in [-0.3, -0.25) is 14.5 Å². The van der Waals surface area contributed by atoms with Crippen molar-refractivity contribution in [2.75, 3.05) is 45.9 Å². The second-order valence-electron chi connectivity index (χ2n) is 7.27. The van der Waals surface area contributed by atoms with Crippen LogP contribution in [0.5, 0.6) is 0 Å². The Kier molecular flexibility index (Phi) is 6.12. The lowest BCUT2D eigenvalue weighted by atomic mass is 9.69. The molecule has 1 aliphatic carbocycles. The first-order chi connectivity index (χ1) is 12.2. The molecule has 0 aromatic rings. The molecule has 0 spiro atoms. The molecule has 0 aromatic carbocycles. The highest BCUT2D eigenvalue weighted by atomic mass is 16.5. The van der Waals surface area contributed by atoms with Crippen molar-refractivity contribution in [2.24, 2.45) is 5.41 Å². The lowest BCUT2D eigenvalue weighted by Gasteiger charge is -2.45. The van der Waals surface area contributed by atoms with Gasteiger partial charge in [0.25, 0.3) is 0 Å². The third kappa shape index (κ3) is 3.90. The number of carbonyl (C=O) groups excluding carboxylic acids is 2. The number of nitrogens with zero attached hydrogens (tertiary/aromatic N) is 2. The van der Waals surface area contributed by atoms with E-state index in [1.165, 1.54) is 0 Å². The zero-order valence-electron chi connectivity index (χ0n) is 15.4. The Hall–Kier alpha value is -1.40. The third-order valence-electron chi connectivity index (χ3n) is 5.78. The Morgan fingerprint density at radius 1 is 1.32 bits per heavy atom. The molecular formula is C19H31N3O3. The molecule has 140 valence electrons. The predicted molar refractivity (Wildman–Crippen MR) is 95.9 cm³/mol. The van der Waals surface area contributed by atoms with Crippen molar-refractivity contribution in [2.45, 2.75) is 45.4 Å². The molecule has 0 saturated carbocycles. The van der Waals surface area contributed by atoms with Gasteiger partial charge in [0.2, 0.25) is 11.8 Å². The Balaban J connectivity index is 1.56. The van der Waals surface area contributed by atoms with E-state index in [1.807, 2.05) is 11.8 Å². The first-order valence-corrected chi connectivity index (χ1v) is 9.77. The molecule has 2 saturated heterocycles. The number of likely N-dealkylation sites (tertiary alicyclic amines) is 1. The Morgan fingerprint density at radius 2 is 2.12 bits per heavy atom. The highest BCUT2D eigenvalue weighted by Crippen LogP contribution is 2.46. The first-order valence-electron chi connectivity index (χ1n) is 9.77. The lowest BCUT2D eigenvalue weighted by molar-refractivity contribution is -0.140. The molecule has 2 heterocycles. The molecule has 6 heteroatoms. The second kappa shape index (κ2) is 8.32. The fraction of sp³-hybridized carbons (Fsp3) is 0.789. The summed E-state index contributed by atoms with van der Waals surface area (Å²) in [5.74, 6) is 0.276. The number of amides is 2. The molecule has 6 nitrogen and oxygen atoms in total. The van der Waals surface area contributed by atoms with Gasteiger partial charge >= 0.3 is 0 Å². The summed E-state index contributed by atoms with van der Waals surface area (Å²) in [6.07, 6.45) is 7.06. The van der Waals surface area contributed by atoms with Crippen LogP contribution in [-0.2, 0) is 14.3 Å². The van der Waals surface area contributed by atoms with Crippen molar-refractivity contribution in [1.82, 2.24) is 15.1 Å². The molecular weight excluding hydrogens is 318 g/mol. The number of hydrogen-bond donors (Lipinski definition) is 1. The summed E-state index contributed by atoms with van der Waals surface area (Å²) in [6, 6.07) is 0. The summed E-state index contributed by atoms with van der Waals surface area (Å²) < 4.78 is 5.36. The summed E-state index contributed by atoms with van der Waals surface area (Å²) in [4.78, 5) is 29.5. The highest BCUT2D eigenvalue weighted by molar-refractivity contribution is 5.91. The number of morpholine rings is 1. The van der Waals surface area contributed by atoms with Gasteiger partial charge in [-0.25, -0.2) is 0 Å². The number of piperidine rings is 1. The van der Waals surface area contributed by atoms with E-state index in [0.717, 1.165) is 64.2 Å². The second-order valence-corrected chi connectivity index (χ2v) is 7.27. The van der Waals surface area contributed by atoms with Crippen LogP contribution in [0.15, 0.2) is 11.8 Å². The van der Waals surface area contributed by atoms with Gasteiger partial charge in [-0.15, -0.1) is 0 Å². The third-order valence-corrected chi connectivity index (χ3v) is 5.78. The number of hydrogen-bond acceptors (Lipinski definition) is 4. The Morgan fingerprint density at radius 3 is 2.88 bits per heavy atom. The van der Waals surface area contributed by atoms with Gasteiger partial charge < -0.3 is 15.0 Å². The maximum absolute atomic E-state index is 13.1. The fourth-order valence-electron chi connectivity index (χ4n) is 4.37. The van der Waals surface area contributed by atoms with Crippen LogP contribution >= 0.6 is 0 Å². The molecule has 2 aliphatic heterocycles. The maximum atomic E-state index is 13.1. The van der Waals surface area contributed by atoms with E-state index in [0.29, 0.717) is 25.9 Å². The SMILES string of the molecule is CCN1C(=O)CCC2(C(=O)NCCCN3CCOCC3)CCCC=C12. The summed E-state index contributed by atoms with van der Waals surface area (Å²) >= 11 is 0. The number of fused-ring (bicyclic) bond motifs is 1. The minimum atomic E-state index is -0.485. The van der Waals surface area contributed by atoms with Crippen LogP contribution in [0.2, 0.25) is 0 Å². The van der Waals surface area contributed by atoms with E-state index in [4.69, 9.17) is 4.74 Å². The van der Waals surface area contributed by atoms with E-state index in [1.54, 1.807) is 0 Å². The minimum absolute atomic E-state index is 0.117. The summed E-state index contributed by atoms with van der Waals surface area (Å²) in [5.41, 5.74) is 0.476. The van der Waals surface area contributed by atoms with E-state index in [9.17, 15) is 9.59 Å². The quantitative estimate of drug-likeness (QED) is 0.739. The molecule has 0 aromatic heterocycles. The number of rotatable bonds is 6. The monoisotopic (exact) mass is 349 g/mol. The van der Waals surface area contributed by atoms with E-state index in [-0.39, 0.29) is 11.8 Å². The van der Waals surface area contributed by atoms with Gasteiger partial charge in [0, 0.05) is 38.3 Å². The lowest BCUT2D eigenvalue weighted by Crippen LogP contribution is -2.53. The topological polar surface area (TPSA) is 61.9 Å². The smallest absolute Gasteiger partial charge is 0.232 e. The predicted octanol–water partition coefficient (Wildman–Crippen LogP) is 1.52. The van der Waals surface area contributed by atoms with E-state index < -0.39 is 5.41 Å². The Labute approximate surface area is 150 Å². The largest absolute Gasteiger partial charge is 0.379 e. The molecule has 1 N–H and O–H groups in total. The number of carbonyl (C=O) groups is 2. The molecule has 2 amide bonds. The van der Waals surface area contributed by atoms with Crippen LogP contribution < -0.4 is 5.32 Å². The van der Waals surface area contributed by atoms with Crippen LogP contribution in [0.4, 0.5) is 0 Å². The van der Waals surface area contributed by atoms with Gasteiger partial charge in [0.05, 0.1) is 18.6 Å². The molecule has 2 fully saturated rings. The molecule has 0 bridgehead atoms. The number of allylic oxidation sites excluding steroid dienone is 1. The van der Waals surface area contributed by atoms with Gasteiger partial charge in [-0.2, -0.15) is 0 Å². The maximum Gasteiger partial charge on any atom is 0.232 e. The first kappa shape index (κ1) is 18.4. The van der Waals surface area contributed by atoms with Crippen LogP contribution in [0, 0.1) is 5.41 Å². The molecule has 1 unspecified atom stereocenters. The number of ether oxygens (including phenoxy) is 1. The summed E-state index contributed by atoms with van der Waals surface area (Å²) in [7, 11) is 0. The molecule has 3 aliphatic rings. The average Bonchev–Trinajstić information content (AvgIpc) is 2.66. The average molecular weight is 349 g/mol. The molecule has 0 radical (unpaired) electrons. The molecule has 1 atom stereocenters. The summed E-state index contributed by atoms with van der Waals surface area (Å²) in [5, 5.41) is 3.17. The van der Waals surface area contributed by atoms with Crippen molar-refractivity contribution < 1.29 is 14.3 Å². The zero-order chi connectivity index (χ0) is 17.7. The van der Waals surface area contributed by atoms with Crippen LogP contribution in [0.1, 0.15) is 45.4 Å². The fourth-order valence-corrected chi connectivity index (χ4v) is 4.37. The normalized spacial score (nSPS) is 27.6. The van der Waals surface area contributed by atoms with Crippen LogP contribution in [0.3, 0.4) is 0 Å². The zero-order valence-corrected chi connectivity index (χ0v) is 15.4. The van der Waals surface area contributed by atoms with Crippen molar-refractivity contribution in [3.8, 4) is 0 Å². The van der Waals surface area contributed by atoms with Crippen molar-refractivity contribution in [3.05, 3.63) is 11.8 Å².